The maximum atomic E-state index is 11.6. The average molecular weight is 229 g/mol. The van der Waals surface area contributed by atoms with Crippen LogP contribution < -0.4 is 5.32 Å². The van der Waals surface area contributed by atoms with Crippen LogP contribution >= 0.6 is 0 Å². The molecule has 2 heterocycles. The highest BCUT2D eigenvalue weighted by Gasteiger charge is 2.29. The summed E-state index contributed by atoms with van der Waals surface area (Å²) < 4.78 is 10.5. The molecule has 2 atom stereocenters. The summed E-state index contributed by atoms with van der Waals surface area (Å²) in [6, 6.07) is -0.324. The van der Waals surface area contributed by atoms with Crippen molar-refractivity contribution in [2.75, 3.05) is 26.4 Å². The Hall–Kier alpha value is -0.650. The Balaban J connectivity index is 1.67. The first-order valence-electron chi connectivity index (χ1n) is 5.91. The van der Waals surface area contributed by atoms with Crippen molar-refractivity contribution < 1.29 is 19.4 Å². The van der Waals surface area contributed by atoms with Crippen molar-refractivity contribution in [1.82, 2.24) is 5.32 Å². The Bertz CT molecular complexity index is 240. The molecule has 2 saturated heterocycles. The number of hydrogen-bond acceptors (Lipinski definition) is 5. The van der Waals surface area contributed by atoms with Gasteiger partial charge >= 0.3 is 5.97 Å². The van der Waals surface area contributed by atoms with Crippen LogP contribution in [0, 0.1) is 5.92 Å². The summed E-state index contributed by atoms with van der Waals surface area (Å²) in [6.07, 6.45) is 1.98. The second-order valence-corrected chi connectivity index (χ2v) is 4.54. The van der Waals surface area contributed by atoms with Crippen molar-refractivity contribution in [1.29, 1.82) is 0 Å². The topological polar surface area (TPSA) is 67.8 Å². The van der Waals surface area contributed by atoms with Crippen molar-refractivity contribution in [3.63, 3.8) is 0 Å². The molecule has 1 unspecified atom stereocenters. The molecule has 0 radical (unpaired) electrons. The van der Waals surface area contributed by atoms with E-state index in [9.17, 15) is 9.90 Å². The molecule has 0 bridgehead atoms. The second-order valence-electron chi connectivity index (χ2n) is 4.54. The van der Waals surface area contributed by atoms with Crippen molar-refractivity contribution in [3.05, 3.63) is 0 Å². The molecule has 2 N–H and O–H groups in total. The quantitative estimate of drug-likeness (QED) is 0.649. The van der Waals surface area contributed by atoms with Crippen LogP contribution in [0.1, 0.15) is 19.3 Å². The van der Waals surface area contributed by atoms with E-state index in [0.717, 1.165) is 26.1 Å². The molecule has 2 aliphatic rings. The van der Waals surface area contributed by atoms with E-state index in [1.807, 2.05) is 0 Å². The van der Waals surface area contributed by atoms with E-state index in [2.05, 4.69) is 5.32 Å². The number of hydrogen-bond donors (Lipinski definition) is 2. The van der Waals surface area contributed by atoms with E-state index in [-0.39, 0.29) is 12.0 Å². The van der Waals surface area contributed by atoms with Crippen molar-refractivity contribution in [2.24, 2.45) is 5.92 Å². The third-order valence-electron chi connectivity index (χ3n) is 3.19. The van der Waals surface area contributed by atoms with Crippen molar-refractivity contribution >= 4 is 5.97 Å². The fraction of sp³-hybridized carbons (Fsp3) is 0.909. The molecule has 0 amide bonds. The highest BCUT2D eigenvalue weighted by atomic mass is 16.5. The maximum absolute atomic E-state index is 11.6. The van der Waals surface area contributed by atoms with Gasteiger partial charge in [0.1, 0.15) is 6.04 Å². The molecule has 2 rings (SSSR count). The minimum atomic E-state index is -0.416. The standard InChI is InChI=1S/C11H19NO4/c13-9-5-10(12-6-9)11(14)16-7-8-1-3-15-4-2-8/h8-10,12-13H,1-7H2/t9?,10-/m0/s1. The zero-order valence-corrected chi connectivity index (χ0v) is 9.35. The number of rotatable bonds is 3. The Labute approximate surface area is 95.1 Å². The molecule has 0 spiro atoms. The number of esters is 1. The third kappa shape index (κ3) is 3.17. The van der Waals surface area contributed by atoms with Gasteiger partial charge in [-0.2, -0.15) is 0 Å². The Morgan fingerprint density at radius 3 is 2.81 bits per heavy atom. The first kappa shape index (κ1) is 11.8. The van der Waals surface area contributed by atoms with Gasteiger partial charge < -0.3 is 19.9 Å². The Morgan fingerprint density at radius 2 is 2.19 bits per heavy atom. The summed E-state index contributed by atoms with van der Waals surface area (Å²) in [5.74, 6) is 0.201. The summed E-state index contributed by atoms with van der Waals surface area (Å²) >= 11 is 0. The fourth-order valence-corrected chi connectivity index (χ4v) is 2.11. The van der Waals surface area contributed by atoms with Gasteiger partial charge in [0.15, 0.2) is 0 Å². The monoisotopic (exact) mass is 229 g/mol. The lowest BCUT2D eigenvalue weighted by Gasteiger charge is -2.22. The van der Waals surface area contributed by atoms with Gasteiger partial charge in [-0.05, 0) is 18.8 Å². The summed E-state index contributed by atoms with van der Waals surface area (Å²) in [5, 5.41) is 12.2. The molecule has 0 aliphatic carbocycles. The van der Waals surface area contributed by atoms with Crippen molar-refractivity contribution in [2.45, 2.75) is 31.4 Å². The van der Waals surface area contributed by atoms with E-state index in [1.54, 1.807) is 0 Å². The lowest BCUT2D eigenvalue weighted by Crippen LogP contribution is -2.34. The molecule has 5 heteroatoms. The SMILES string of the molecule is O=C(OCC1CCOCC1)[C@@H]1CC(O)CN1. The lowest BCUT2D eigenvalue weighted by atomic mass is 10.0. The van der Waals surface area contributed by atoms with Crippen LogP contribution in [0.4, 0.5) is 0 Å². The maximum Gasteiger partial charge on any atom is 0.323 e. The largest absolute Gasteiger partial charge is 0.464 e. The first-order chi connectivity index (χ1) is 7.75. The molecule has 92 valence electrons. The second kappa shape index (κ2) is 5.61. The van der Waals surface area contributed by atoms with E-state index in [0.29, 0.717) is 25.5 Å². The minimum absolute atomic E-state index is 0.233. The number of carbonyl (C=O) groups excluding carboxylic acids is 1. The zero-order chi connectivity index (χ0) is 11.4. The molecular weight excluding hydrogens is 210 g/mol. The van der Waals surface area contributed by atoms with Gasteiger partial charge in [-0.25, -0.2) is 0 Å². The molecule has 0 aromatic carbocycles. The fourth-order valence-electron chi connectivity index (χ4n) is 2.11. The van der Waals surface area contributed by atoms with E-state index in [4.69, 9.17) is 9.47 Å². The normalized spacial score (nSPS) is 31.6. The smallest absolute Gasteiger partial charge is 0.323 e. The van der Waals surface area contributed by atoms with Crippen LogP contribution in [0.25, 0.3) is 0 Å². The van der Waals surface area contributed by atoms with Crippen LogP contribution in [0.15, 0.2) is 0 Å². The van der Waals surface area contributed by atoms with E-state index < -0.39 is 6.10 Å². The average Bonchev–Trinajstić information content (AvgIpc) is 2.74. The number of β-amino-alcohol motifs (C(OH)–C–C–N with tert-alkyl or cyclic N) is 1. The summed E-state index contributed by atoms with van der Waals surface area (Å²) in [7, 11) is 0. The first-order valence-corrected chi connectivity index (χ1v) is 5.91. The Morgan fingerprint density at radius 1 is 1.44 bits per heavy atom. The minimum Gasteiger partial charge on any atom is -0.464 e. The number of carbonyl (C=O) groups is 1. The molecule has 5 nitrogen and oxygen atoms in total. The number of nitrogens with one attached hydrogen (secondary N) is 1. The van der Waals surface area contributed by atoms with Crippen LogP contribution in [0.2, 0.25) is 0 Å². The van der Waals surface area contributed by atoms with Crippen LogP contribution in [0.3, 0.4) is 0 Å². The molecule has 16 heavy (non-hydrogen) atoms. The van der Waals surface area contributed by atoms with Gasteiger partial charge in [-0.1, -0.05) is 0 Å². The van der Waals surface area contributed by atoms with E-state index in [1.165, 1.54) is 0 Å². The number of ether oxygens (including phenoxy) is 2. The number of aliphatic hydroxyl groups excluding tert-OH is 1. The van der Waals surface area contributed by atoms with E-state index >= 15 is 0 Å². The van der Waals surface area contributed by atoms with Gasteiger partial charge in [0.05, 0.1) is 12.7 Å². The predicted octanol–water partition coefficient (Wildman–Crippen LogP) is -0.321. The summed E-state index contributed by atoms with van der Waals surface area (Å²) in [5.41, 5.74) is 0. The van der Waals surface area contributed by atoms with Gasteiger partial charge in [-0.15, -0.1) is 0 Å². The highest BCUT2D eigenvalue weighted by Crippen LogP contribution is 2.16. The molecule has 0 aromatic heterocycles. The molecule has 0 saturated carbocycles. The van der Waals surface area contributed by atoms with Crippen molar-refractivity contribution in [3.8, 4) is 0 Å². The van der Waals surface area contributed by atoms with Crippen LogP contribution in [-0.4, -0.2) is 49.6 Å². The number of aliphatic hydroxyl groups is 1. The molecule has 0 aromatic rings. The Kier molecular flexibility index (Phi) is 4.15. The zero-order valence-electron chi connectivity index (χ0n) is 9.35. The van der Waals surface area contributed by atoms with Crippen LogP contribution in [0.5, 0.6) is 0 Å². The molecule has 2 fully saturated rings. The third-order valence-corrected chi connectivity index (χ3v) is 3.19. The van der Waals surface area contributed by atoms with Crippen LogP contribution in [-0.2, 0) is 14.3 Å². The van der Waals surface area contributed by atoms with Gasteiger partial charge in [0, 0.05) is 26.2 Å². The molecular formula is C11H19NO4. The highest BCUT2D eigenvalue weighted by molar-refractivity contribution is 5.76. The lowest BCUT2D eigenvalue weighted by molar-refractivity contribution is -0.148. The summed E-state index contributed by atoms with van der Waals surface area (Å²) in [4.78, 5) is 11.6. The summed E-state index contributed by atoms with van der Waals surface area (Å²) in [6.45, 7) is 2.50. The van der Waals surface area contributed by atoms with Gasteiger partial charge in [0.25, 0.3) is 0 Å². The van der Waals surface area contributed by atoms with Gasteiger partial charge in [0.2, 0.25) is 0 Å². The predicted molar refractivity (Wildman–Crippen MR) is 56.9 cm³/mol. The van der Waals surface area contributed by atoms with Gasteiger partial charge in [-0.3, -0.25) is 4.79 Å². The molecule has 2 aliphatic heterocycles.